The number of sulfonamides is 3. The average molecular weight is 1070 g/mol. The quantitative estimate of drug-likeness (QED) is 0.0231. The van der Waals surface area contributed by atoms with Gasteiger partial charge in [0, 0.05) is 19.6 Å². The number of nitrogens with one attached hydrogen (secondary N) is 3. The standard InChI is InChI=1S/C16H26N2O4S2.C15H24N2O4S2.C13H20N2O4S2/c1-3-5-7-9-23-15-13(18-8-6-4-2)10-12(16(19)20)11-14(15)24(17,21)22;1-3-5-7-17-12-9-11(15(18)19)10-13(23(16,20)21)14(12)22-8-6-4-2;1-3-5-6-15-10-7-9(13(16)17)8-11(21(14,18)19)12(10)20-4-2/h10-11,18H,3-9H2,1-2H3,(H,19,20)(H2,17,21,22);9-10,17H,3-8H2,1-2H3,(H,18,19)(H2,16,20,21);7-8,15H,3-6H2,1-2H3,(H,16,17)(H2,14,18,19). The van der Waals surface area contributed by atoms with Crippen LogP contribution < -0.4 is 31.4 Å². The largest absolute Gasteiger partial charge is 0.478 e. The van der Waals surface area contributed by atoms with Crippen LogP contribution in [0.1, 0.15) is 143 Å². The fourth-order valence-electron chi connectivity index (χ4n) is 5.84. The zero-order valence-electron chi connectivity index (χ0n) is 39.7. The summed E-state index contributed by atoms with van der Waals surface area (Å²) >= 11 is 4.11. The van der Waals surface area contributed by atoms with Crippen LogP contribution >= 0.6 is 35.3 Å². The highest BCUT2D eigenvalue weighted by atomic mass is 32.2. The molecule has 0 aliphatic carbocycles. The summed E-state index contributed by atoms with van der Waals surface area (Å²) in [4.78, 5) is 34.8. The Kier molecular flexibility index (Phi) is 28.8. The maximum Gasteiger partial charge on any atom is 0.335 e. The molecule has 0 fully saturated rings. The van der Waals surface area contributed by atoms with Crippen molar-refractivity contribution in [1.29, 1.82) is 0 Å². The SMILES string of the molecule is CCCCCSc1c(NCCCC)cc(C(=O)O)cc1S(N)(=O)=O.CCCCNc1cc(C(=O)O)cc(S(N)(=O)=O)c1SCC.CCCCNc1cc(C(=O)O)cc(S(N)(=O)=O)c1SCCCC. The molecule has 0 bridgehead atoms. The number of thioether (sulfide) groups is 3. The summed E-state index contributed by atoms with van der Waals surface area (Å²) in [7, 11) is -12.0. The van der Waals surface area contributed by atoms with E-state index in [2.05, 4.69) is 29.8 Å². The molecule has 24 heteroatoms. The summed E-state index contributed by atoms with van der Waals surface area (Å²) in [6, 6.07) is 7.79. The van der Waals surface area contributed by atoms with Gasteiger partial charge in [-0.25, -0.2) is 55.1 Å². The predicted molar refractivity (Wildman–Crippen MR) is 277 cm³/mol. The lowest BCUT2D eigenvalue weighted by Crippen LogP contribution is -2.16. The van der Waals surface area contributed by atoms with Crippen LogP contribution in [0, 0.1) is 0 Å². The van der Waals surface area contributed by atoms with Crippen molar-refractivity contribution in [3.8, 4) is 0 Å². The zero-order valence-corrected chi connectivity index (χ0v) is 44.6. The molecule has 0 atom stereocenters. The van der Waals surface area contributed by atoms with E-state index >= 15 is 0 Å². The van der Waals surface area contributed by atoms with E-state index < -0.39 is 48.0 Å². The molecule has 12 N–H and O–H groups in total. The molecule has 3 aromatic rings. The minimum atomic E-state index is -4.01. The number of carboxylic acid groups (broad SMARTS) is 3. The van der Waals surface area contributed by atoms with Crippen LogP contribution in [0.15, 0.2) is 65.8 Å². The number of carbonyl (C=O) groups is 3. The van der Waals surface area contributed by atoms with Gasteiger partial charge in [0.2, 0.25) is 30.1 Å². The second-order valence-electron chi connectivity index (χ2n) is 15.1. The molecule has 0 unspecified atom stereocenters. The van der Waals surface area contributed by atoms with Gasteiger partial charge >= 0.3 is 17.9 Å². The Morgan fingerprint density at radius 1 is 0.441 bits per heavy atom. The van der Waals surface area contributed by atoms with Crippen molar-refractivity contribution in [2.24, 2.45) is 15.4 Å². The van der Waals surface area contributed by atoms with Crippen LogP contribution in [0.25, 0.3) is 0 Å². The third-order valence-electron chi connectivity index (χ3n) is 9.39. The minimum Gasteiger partial charge on any atom is -0.478 e. The van der Waals surface area contributed by atoms with Gasteiger partial charge in [0.15, 0.2) is 0 Å². The summed E-state index contributed by atoms with van der Waals surface area (Å²) in [6.07, 6.45) is 10.7. The molecule has 384 valence electrons. The molecule has 3 aromatic carbocycles. The van der Waals surface area contributed by atoms with Crippen LogP contribution in [0.3, 0.4) is 0 Å². The van der Waals surface area contributed by atoms with Crippen molar-refractivity contribution in [3.63, 3.8) is 0 Å². The first-order chi connectivity index (χ1) is 31.9. The van der Waals surface area contributed by atoms with Gasteiger partial charge in [-0.1, -0.05) is 80.1 Å². The molecule has 0 heterocycles. The smallest absolute Gasteiger partial charge is 0.335 e. The summed E-state index contributed by atoms with van der Waals surface area (Å²) < 4.78 is 71.1. The number of carboxylic acids is 3. The van der Waals surface area contributed by atoms with Gasteiger partial charge in [-0.15, -0.1) is 35.3 Å². The number of primary sulfonamides is 3. The Bertz CT molecular complexity index is 2460. The summed E-state index contributed by atoms with van der Waals surface area (Å²) in [5, 5.41) is 52.8. The van der Waals surface area contributed by atoms with Gasteiger partial charge in [-0.2, -0.15) is 0 Å². The highest BCUT2D eigenvalue weighted by Gasteiger charge is 2.24. The number of anilines is 3. The van der Waals surface area contributed by atoms with Crippen molar-refractivity contribution in [3.05, 3.63) is 53.1 Å². The molecule has 0 aliphatic rings. The van der Waals surface area contributed by atoms with Crippen molar-refractivity contribution >= 4 is 100 Å². The molecule has 0 aromatic heterocycles. The molecule has 0 radical (unpaired) electrons. The van der Waals surface area contributed by atoms with Gasteiger partial charge in [0.1, 0.15) is 0 Å². The lowest BCUT2D eigenvalue weighted by atomic mass is 10.2. The summed E-state index contributed by atoms with van der Waals surface area (Å²) in [5.74, 6) is -1.40. The average Bonchev–Trinajstić information content (AvgIpc) is 3.25. The van der Waals surface area contributed by atoms with Crippen LogP contribution in [0.4, 0.5) is 17.1 Å². The molecule has 0 amide bonds. The molecular formula is C44H70N6O12S6. The van der Waals surface area contributed by atoms with Crippen LogP contribution in [-0.2, 0) is 30.1 Å². The van der Waals surface area contributed by atoms with Gasteiger partial charge in [0.25, 0.3) is 0 Å². The van der Waals surface area contributed by atoms with Crippen molar-refractivity contribution in [2.45, 2.75) is 142 Å². The van der Waals surface area contributed by atoms with E-state index in [9.17, 15) is 49.9 Å². The molecule has 68 heavy (non-hydrogen) atoms. The predicted octanol–water partition coefficient (Wildman–Crippen LogP) is 9.02. The Morgan fingerprint density at radius 3 is 0.971 bits per heavy atom. The maximum atomic E-state index is 11.9. The number of aromatic carboxylic acids is 3. The Morgan fingerprint density at radius 2 is 0.721 bits per heavy atom. The van der Waals surface area contributed by atoms with Crippen LogP contribution in [0.2, 0.25) is 0 Å². The zero-order chi connectivity index (χ0) is 51.7. The Balaban J connectivity index is 0.000000511. The summed E-state index contributed by atoms with van der Waals surface area (Å²) in [5.41, 5.74) is 1.26. The number of rotatable bonds is 29. The molecular weight excluding hydrogens is 997 g/mol. The second kappa shape index (κ2) is 31.5. The minimum absolute atomic E-state index is 0.0871. The third-order valence-corrected chi connectivity index (χ3v) is 16.0. The van der Waals surface area contributed by atoms with E-state index in [4.69, 9.17) is 20.5 Å². The highest BCUT2D eigenvalue weighted by molar-refractivity contribution is 8.01. The summed E-state index contributed by atoms with van der Waals surface area (Å²) in [6.45, 7) is 14.1. The van der Waals surface area contributed by atoms with E-state index in [1.54, 1.807) is 0 Å². The second-order valence-corrected chi connectivity index (χ2v) is 23.2. The molecule has 3 rings (SSSR count). The normalized spacial score (nSPS) is 11.4. The van der Waals surface area contributed by atoms with Gasteiger partial charge in [0.05, 0.1) is 63.1 Å². The third kappa shape index (κ3) is 21.9. The number of benzene rings is 3. The lowest BCUT2D eigenvalue weighted by molar-refractivity contribution is 0.0685. The number of hydrogen-bond acceptors (Lipinski definition) is 15. The van der Waals surface area contributed by atoms with E-state index in [1.165, 1.54) is 53.5 Å². The van der Waals surface area contributed by atoms with Crippen LogP contribution in [0.5, 0.6) is 0 Å². The molecule has 0 aliphatic heterocycles. The molecule has 0 spiro atoms. The number of nitrogens with two attached hydrogens (primary N) is 3. The topological polar surface area (TPSA) is 328 Å². The van der Waals surface area contributed by atoms with E-state index in [-0.39, 0.29) is 31.4 Å². The Labute approximate surface area is 415 Å². The number of hydrogen-bond donors (Lipinski definition) is 9. The van der Waals surface area contributed by atoms with E-state index in [0.717, 1.165) is 100 Å². The fourth-order valence-corrected chi connectivity index (χ4v) is 12.3. The van der Waals surface area contributed by atoms with Crippen LogP contribution in [-0.4, -0.2) is 95.4 Å². The van der Waals surface area contributed by atoms with Crippen molar-refractivity contribution in [1.82, 2.24) is 0 Å². The monoisotopic (exact) mass is 1070 g/mol. The first-order valence-corrected chi connectivity index (χ1v) is 29.9. The fraction of sp³-hybridized carbons (Fsp3) is 0.523. The molecule has 18 nitrogen and oxygen atoms in total. The molecule has 0 saturated heterocycles. The van der Waals surface area contributed by atoms with Gasteiger partial charge in [-0.05, 0) is 85.8 Å². The number of unbranched alkanes of at least 4 members (excludes halogenated alkanes) is 6. The molecule has 0 saturated carbocycles. The van der Waals surface area contributed by atoms with E-state index in [1.807, 2.05) is 27.7 Å². The first kappa shape index (κ1) is 62.3. The van der Waals surface area contributed by atoms with Gasteiger partial charge < -0.3 is 31.3 Å². The van der Waals surface area contributed by atoms with Crippen molar-refractivity contribution in [2.75, 3.05) is 52.8 Å². The Hall–Kier alpha value is -3.75. The van der Waals surface area contributed by atoms with Gasteiger partial charge in [-0.3, -0.25) is 0 Å². The van der Waals surface area contributed by atoms with Crippen molar-refractivity contribution < 1.29 is 55.0 Å². The first-order valence-electron chi connectivity index (χ1n) is 22.3. The maximum absolute atomic E-state index is 11.9. The lowest BCUT2D eigenvalue weighted by Gasteiger charge is -2.16. The highest BCUT2D eigenvalue weighted by Crippen LogP contribution is 2.38. The van der Waals surface area contributed by atoms with E-state index in [0.29, 0.717) is 57.1 Å².